The number of nitro benzene ring substituents is 1. The molecule has 2 aromatic carbocycles. The number of hydrogen-bond acceptors (Lipinski definition) is 4. The molecule has 0 bridgehead atoms. The van der Waals surface area contributed by atoms with E-state index in [0.717, 1.165) is 12.1 Å². The van der Waals surface area contributed by atoms with E-state index < -0.39 is 16.6 Å². The topological polar surface area (TPSA) is 67.2 Å². The van der Waals surface area contributed by atoms with E-state index >= 15 is 0 Å². The minimum absolute atomic E-state index is 0.192. The van der Waals surface area contributed by atoms with Crippen molar-refractivity contribution in [2.24, 2.45) is 0 Å². The maximum atomic E-state index is 13.8. The van der Waals surface area contributed by atoms with Crippen LogP contribution in [0.15, 0.2) is 34.8 Å². The predicted octanol–water partition coefficient (Wildman–Crippen LogP) is 4.42. The Labute approximate surface area is 127 Å². The van der Waals surface area contributed by atoms with Crippen LogP contribution in [-0.2, 0) is 0 Å². The molecule has 21 heavy (non-hydrogen) atoms. The molecule has 2 N–H and O–H groups in total. The number of nitrogens with one attached hydrogen (secondary N) is 2. The number of nitrogens with zero attached hydrogens (tertiary/aromatic N) is 1. The molecular weight excluding hydrogens is 348 g/mol. The van der Waals surface area contributed by atoms with Crippen molar-refractivity contribution in [3.63, 3.8) is 0 Å². The molecule has 0 saturated heterocycles. The third-order valence-electron chi connectivity index (χ3n) is 2.69. The molecule has 0 radical (unpaired) electrons. The lowest BCUT2D eigenvalue weighted by Gasteiger charge is -2.11. The van der Waals surface area contributed by atoms with E-state index in [4.69, 9.17) is 0 Å². The molecule has 2 rings (SSSR count). The molecule has 0 heterocycles. The largest absolute Gasteiger partial charge is 0.388 e. The highest BCUT2D eigenvalue weighted by Crippen LogP contribution is 2.30. The third kappa shape index (κ3) is 3.46. The monoisotopic (exact) mass is 357 g/mol. The van der Waals surface area contributed by atoms with Gasteiger partial charge in [-0.15, -0.1) is 0 Å². The van der Waals surface area contributed by atoms with Crippen LogP contribution in [0.3, 0.4) is 0 Å². The van der Waals surface area contributed by atoms with Crippen LogP contribution in [0.25, 0.3) is 0 Å². The van der Waals surface area contributed by atoms with Gasteiger partial charge in [-0.1, -0.05) is 15.9 Å². The Bertz CT molecular complexity index is 687. The molecule has 0 atom stereocenters. The normalized spacial score (nSPS) is 10.3. The van der Waals surface area contributed by atoms with Crippen molar-refractivity contribution in [2.45, 2.75) is 0 Å². The smallest absolute Gasteiger partial charge is 0.273 e. The van der Waals surface area contributed by atoms with Crippen LogP contribution in [0, 0.1) is 21.7 Å². The van der Waals surface area contributed by atoms with Crippen molar-refractivity contribution in [1.29, 1.82) is 0 Å². The Kier molecular flexibility index (Phi) is 4.37. The van der Waals surface area contributed by atoms with Crippen molar-refractivity contribution in [2.75, 3.05) is 17.7 Å². The second-order valence-corrected chi connectivity index (χ2v) is 5.06. The molecule has 0 aliphatic heterocycles. The summed E-state index contributed by atoms with van der Waals surface area (Å²) in [5.41, 5.74) is 0.0846. The van der Waals surface area contributed by atoms with E-state index in [0.29, 0.717) is 5.69 Å². The molecule has 110 valence electrons. The van der Waals surface area contributed by atoms with Gasteiger partial charge in [0.1, 0.15) is 5.69 Å². The van der Waals surface area contributed by atoms with Crippen molar-refractivity contribution in [3.05, 3.63) is 56.6 Å². The number of hydrogen-bond donors (Lipinski definition) is 2. The van der Waals surface area contributed by atoms with Gasteiger partial charge in [0.05, 0.1) is 4.92 Å². The van der Waals surface area contributed by atoms with Gasteiger partial charge in [-0.2, -0.15) is 0 Å². The van der Waals surface area contributed by atoms with Crippen molar-refractivity contribution >= 4 is 38.7 Å². The maximum absolute atomic E-state index is 13.8. The number of non-ortho nitro benzene ring substituents is 1. The zero-order valence-corrected chi connectivity index (χ0v) is 12.4. The molecule has 8 heteroatoms. The van der Waals surface area contributed by atoms with E-state index in [2.05, 4.69) is 26.6 Å². The van der Waals surface area contributed by atoms with Gasteiger partial charge in [0.2, 0.25) is 0 Å². The van der Waals surface area contributed by atoms with Gasteiger partial charge >= 0.3 is 0 Å². The van der Waals surface area contributed by atoms with Crippen molar-refractivity contribution in [1.82, 2.24) is 0 Å². The van der Waals surface area contributed by atoms with Crippen LogP contribution in [0.4, 0.5) is 31.5 Å². The highest BCUT2D eigenvalue weighted by atomic mass is 79.9. The number of rotatable bonds is 4. The second-order valence-electron chi connectivity index (χ2n) is 4.15. The first-order valence-electron chi connectivity index (χ1n) is 5.79. The SMILES string of the molecule is CNc1cc(Nc2c(F)cc(Br)cc2F)cc([N+](=O)[O-])c1. The third-order valence-corrected chi connectivity index (χ3v) is 3.15. The van der Waals surface area contributed by atoms with Gasteiger partial charge in [0.25, 0.3) is 5.69 Å². The number of halogens is 3. The first-order chi connectivity index (χ1) is 9.90. The van der Waals surface area contributed by atoms with Crippen LogP contribution in [-0.4, -0.2) is 12.0 Å². The number of nitro groups is 1. The Morgan fingerprint density at radius 2 is 1.67 bits per heavy atom. The Balaban J connectivity index is 2.44. The summed E-state index contributed by atoms with van der Waals surface area (Å²) in [6, 6.07) is 6.22. The summed E-state index contributed by atoms with van der Waals surface area (Å²) in [7, 11) is 1.59. The fourth-order valence-electron chi connectivity index (χ4n) is 1.74. The lowest BCUT2D eigenvalue weighted by molar-refractivity contribution is -0.384. The van der Waals surface area contributed by atoms with Gasteiger partial charge in [0.15, 0.2) is 11.6 Å². The van der Waals surface area contributed by atoms with Gasteiger partial charge in [-0.25, -0.2) is 8.78 Å². The molecule has 0 aromatic heterocycles. The summed E-state index contributed by atoms with van der Waals surface area (Å²) in [5, 5.41) is 16.1. The first kappa shape index (κ1) is 15.2. The second kappa shape index (κ2) is 6.04. The van der Waals surface area contributed by atoms with Gasteiger partial charge in [0, 0.05) is 35.0 Å². The summed E-state index contributed by atoms with van der Waals surface area (Å²) in [6.45, 7) is 0. The fourth-order valence-corrected chi connectivity index (χ4v) is 2.14. The van der Waals surface area contributed by atoms with Crippen LogP contribution >= 0.6 is 15.9 Å². The minimum atomic E-state index is -0.806. The number of anilines is 3. The Morgan fingerprint density at radius 3 is 2.19 bits per heavy atom. The average molecular weight is 358 g/mol. The lowest BCUT2D eigenvalue weighted by atomic mass is 10.2. The predicted molar refractivity (Wildman–Crippen MR) is 80.0 cm³/mol. The molecule has 0 unspecified atom stereocenters. The highest BCUT2D eigenvalue weighted by molar-refractivity contribution is 9.10. The zero-order valence-electron chi connectivity index (χ0n) is 10.8. The van der Waals surface area contributed by atoms with E-state index in [1.165, 1.54) is 18.2 Å². The molecular formula is C13H10BrF2N3O2. The highest BCUT2D eigenvalue weighted by Gasteiger charge is 2.14. The number of benzene rings is 2. The molecule has 0 fully saturated rings. The van der Waals surface area contributed by atoms with Gasteiger partial charge < -0.3 is 10.6 Å². The maximum Gasteiger partial charge on any atom is 0.273 e. The van der Waals surface area contributed by atoms with E-state index in [1.807, 2.05) is 0 Å². The quantitative estimate of drug-likeness (QED) is 0.627. The van der Waals surface area contributed by atoms with Gasteiger partial charge in [-0.05, 0) is 18.2 Å². The molecule has 0 aliphatic carbocycles. The first-order valence-corrected chi connectivity index (χ1v) is 6.59. The standard InChI is InChI=1S/C13H10BrF2N3O2/c1-17-8-4-9(6-10(5-8)19(20)21)18-13-11(15)2-7(14)3-12(13)16/h2-6,17-18H,1H3. The van der Waals surface area contributed by atoms with Crippen LogP contribution < -0.4 is 10.6 Å². The van der Waals surface area contributed by atoms with E-state index in [-0.39, 0.29) is 21.5 Å². The molecule has 0 spiro atoms. The molecule has 0 aliphatic rings. The zero-order chi connectivity index (χ0) is 15.6. The summed E-state index contributed by atoms with van der Waals surface area (Å²) < 4.78 is 27.8. The molecule has 2 aromatic rings. The summed E-state index contributed by atoms with van der Waals surface area (Å²) in [6.07, 6.45) is 0. The van der Waals surface area contributed by atoms with Crippen LogP contribution in [0.5, 0.6) is 0 Å². The lowest BCUT2D eigenvalue weighted by Crippen LogP contribution is -2.00. The van der Waals surface area contributed by atoms with Crippen molar-refractivity contribution < 1.29 is 13.7 Å². The molecule has 0 amide bonds. The van der Waals surface area contributed by atoms with Crippen LogP contribution in [0.1, 0.15) is 0 Å². The average Bonchev–Trinajstić information content (AvgIpc) is 2.42. The summed E-state index contributed by atoms with van der Waals surface area (Å²) >= 11 is 2.98. The van der Waals surface area contributed by atoms with Crippen LogP contribution in [0.2, 0.25) is 0 Å². The minimum Gasteiger partial charge on any atom is -0.388 e. The van der Waals surface area contributed by atoms with E-state index in [1.54, 1.807) is 7.05 Å². The summed E-state index contributed by atoms with van der Waals surface area (Å²) in [5.74, 6) is -1.61. The molecule has 0 saturated carbocycles. The summed E-state index contributed by atoms with van der Waals surface area (Å²) in [4.78, 5) is 10.3. The van der Waals surface area contributed by atoms with E-state index in [9.17, 15) is 18.9 Å². The Hall–Kier alpha value is -2.22. The molecule has 5 nitrogen and oxygen atoms in total. The Morgan fingerprint density at radius 1 is 1.10 bits per heavy atom. The fraction of sp³-hybridized carbons (Fsp3) is 0.0769. The van der Waals surface area contributed by atoms with Gasteiger partial charge in [-0.3, -0.25) is 10.1 Å². The van der Waals surface area contributed by atoms with Crippen molar-refractivity contribution in [3.8, 4) is 0 Å².